The van der Waals surface area contributed by atoms with Gasteiger partial charge in [0.2, 0.25) is 5.75 Å². The zero-order valence-electron chi connectivity index (χ0n) is 17.9. The molecule has 0 bridgehead atoms. The summed E-state index contributed by atoms with van der Waals surface area (Å²) in [5.41, 5.74) is 6.58. The van der Waals surface area contributed by atoms with Crippen LogP contribution < -0.4 is 14.2 Å². The highest BCUT2D eigenvalue weighted by Crippen LogP contribution is 2.48. The molecule has 31 heavy (non-hydrogen) atoms. The van der Waals surface area contributed by atoms with Crippen molar-refractivity contribution in [2.75, 3.05) is 21.3 Å². The SMILES string of the molecule is COc1cc2c(c(-c3ccc(C)cc3)cc3nc4ccccc4nc32)c(OC)c1OC. The van der Waals surface area contributed by atoms with Gasteiger partial charge in [0.15, 0.2) is 11.5 Å². The quantitative estimate of drug-likeness (QED) is 0.271. The predicted octanol–water partition coefficient (Wildman–Crippen LogP) is 5.94. The molecule has 0 aliphatic carbocycles. The van der Waals surface area contributed by atoms with Crippen molar-refractivity contribution < 1.29 is 14.2 Å². The fraction of sp³-hybridized carbons (Fsp3) is 0.154. The van der Waals surface area contributed by atoms with Gasteiger partial charge in [0.25, 0.3) is 0 Å². The van der Waals surface area contributed by atoms with Gasteiger partial charge in [0.1, 0.15) is 0 Å². The van der Waals surface area contributed by atoms with Crippen LogP contribution in [0, 0.1) is 6.92 Å². The van der Waals surface area contributed by atoms with Crippen LogP contribution in [-0.4, -0.2) is 31.3 Å². The van der Waals surface area contributed by atoms with Crippen LogP contribution in [0.3, 0.4) is 0 Å². The van der Waals surface area contributed by atoms with Gasteiger partial charge in [-0.2, -0.15) is 0 Å². The molecule has 1 heterocycles. The van der Waals surface area contributed by atoms with Crippen molar-refractivity contribution in [3.8, 4) is 28.4 Å². The fourth-order valence-electron chi connectivity index (χ4n) is 4.09. The van der Waals surface area contributed by atoms with Crippen LogP contribution in [0.2, 0.25) is 0 Å². The monoisotopic (exact) mass is 410 g/mol. The summed E-state index contributed by atoms with van der Waals surface area (Å²) in [4.78, 5) is 9.86. The lowest BCUT2D eigenvalue weighted by atomic mass is 9.94. The molecule has 0 saturated carbocycles. The summed E-state index contributed by atoms with van der Waals surface area (Å²) < 4.78 is 17.2. The Morgan fingerprint density at radius 2 is 1.35 bits per heavy atom. The summed E-state index contributed by atoms with van der Waals surface area (Å²) in [7, 11) is 4.88. The van der Waals surface area contributed by atoms with Crippen molar-refractivity contribution >= 4 is 32.8 Å². The minimum absolute atomic E-state index is 0.555. The first kappa shape index (κ1) is 19.1. The average molecular weight is 410 g/mol. The molecule has 0 spiro atoms. The molecule has 0 aliphatic rings. The Hall–Kier alpha value is -3.86. The highest BCUT2D eigenvalue weighted by Gasteiger charge is 2.22. The van der Waals surface area contributed by atoms with Crippen molar-refractivity contribution in [1.82, 2.24) is 9.97 Å². The topological polar surface area (TPSA) is 53.5 Å². The molecule has 5 rings (SSSR count). The third-order valence-corrected chi connectivity index (χ3v) is 5.60. The maximum Gasteiger partial charge on any atom is 0.203 e. The van der Waals surface area contributed by atoms with Crippen LogP contribution in [0.5, 0.6) is 17.2 Å². The molecule has 4 aromatic carbocycles. The van der Waals surface area contributed by atoms with E-state index >= 15 is 0 Å². The Morgan fingerprint density at radius 1 is 0.677 bits per heavy atom. The first-order valence-corrected chi connectivity index (χ1v) is 10.0. The second-order valence-corrected chi connectivity index (χ2v) is 7.44. The number of rotatable bonds is 4. The summed E-state index contributed by atoms with van der Waals surface area (Å²) >= 11 is 0. The van der Waals surface area contributed by atoms with Crippen LogP contribution >= 0.6 is 0 Å². The molecule has 0 aliphatic heterocycles. The van der Waals surface area contributed by atoms with Crippen LogP contribution in [0.4, 0.5) is 0 Å². The summed E-state index contributed by atoms with van der Waals surface area (Å²) in [6.45, 7) is 2.08. The second kappa shape index (κ2) is 7.43. The number of aromatic nitrogens is 2. The summed E-state index contributed by atoms with van der Waals surface area (Å²) in [5, 5.41) is 1.82. The van der Waals surface area contributed by atoms with Crippen molar-refractivity contribution in [2.24, 2.45) is 0 Å². The van der Waals surface area contributed by atoms with E-state index in [1.54, 1.807) is 21.3 Å². The van der Waals surface area contributed by atoms with Crippen molar-refractivity contribution in [2.45, 2.75) is 6.92 Å². The molecule has 1 aromatic heterocycles. The maximum absolute atomic E-state index is 5.86. The van der Waals surface area contributed by atoms with Crippen molar-refractivity contribution in [3.05, 3.63) is 66.2 Å². The highest BCUT2D eigenvalue weighted by molar-refractivity contribution is 6.16. The predicted molar refractivity (Wildman–Crippen MR) is 124 cm³/mol. The molecule has 5 aromatic rings. The van der Waals surface area contributed by atoms with Crippen LogP contribution in [0.25, 0.3) is 44.0 Å². The number of fused-ring (bicyclic) bond motifs is 4. The Bertz CT molecular complexity index is 1440. The number of hydrogen-bond acceptors (Lipinski definition) is 5. The lowest BCUT2D eigenvalue weighted by Crippen LogP contribution is -1.99. The van der Waals surface area contributed by atoms with Gasteiger partial charge in [-0.25, -0.2) is 9.97 Å². The number of aryl methyl sites for hydroxylation is 1. The molecule has 0 saturated heterocycles. The number of methoxy groups -OCH3 is 3. The third kappa shape index (κ3) is 3.01. The Labute approximate surface area is 180 Å². The van der Waals surface area contributed by atoms with Crippen LogP contribution in [-0.2, 0) is 0 Å². The first-order chi connectivity index (χ1) is 15.1. The molecular formula is C26H22N2O3. The molecular weight excluding hydrogens is 388 g/mol. The van der Waals surface area contributed by atoms with Crippen LogP contribution in [0.15, 0.2) is 60.7 Å². The zero-order valence-corrected chi connectivity index (χ0v) is 17.9. The Balaban J connectivity index is 2.01. The second-order valence-electron chi connectivity index (χ2n) is 7.44. The normalized spacial score (nSPS) is 11.2. The Morgan fingerprint density at radius 3 is 2.00 bits per heavy atom. The molecule has 0 radical (unpaired) electrons. The molecule has 0 unspecified atom stereocenters. The Kier molecular flexibility index (Phi) is 4.59. The summed E-state index contributed by atoms with van der Waals surface area (Å²) in [6, 6.07) is 20.4. The minimum atomic E-state index is 0.555. The largest absolute Gasteiger partial charge is 0.493 e. The van der Waals surface area contributed by atoms with E-state index in [1.165, 1.54) is 5.56 Å². The summed E-state index contributed by atoms with van der Waals surface area (Å²) in [6.07, 6.45) is 0. The van der Waals surface area contributed by atoms with E-state index in [-0.39, 0.29) is 0 Å². The number of ether oxygens (including phenoxy) is 3. The van der Waals surface area contributed by atoms with E-state index < -0.39 is 0 Å². The lowest BCUT2D eigenvalue weighted by molar-refractivity contribution is 0.327. The zero-order chi connectivity index (χ0) is 21.5. The number of para-hydroxylation sites is 2. The van der Waals surface area contributed by atoms with Gasteiger partial charge in [-0.1, -0.05) is 42.0 Å². The van der Waals surface area contributed by atoms with E-state index in [0.717, 1.165) is 44.0 Å². The van der Waals surface area contributed by atoms with Crippen LogP contribution in [0.1, 0.15) is 5.56 Å². The van der Waals surface area contributed by atoms with Crippen molar-refractivity contribution in [1.29, 1.82) is 0 Å². The highest BCUT2D eigenvalue weighted by atomic mass is 16.5. The van der Waals surface area contributed by atoms with E-state index in [2.05, 4.69) is 37.3 Å². The summed E-state index contributed by atoms with van der Waals surface area (Å²) in [5.74, 6) is 1.76. The first-order valence-electron chi connectivity index (χ1n) is 10.0. The van der Waals surface area contributed by atoms with Crippen molar-refractivity contribution in [3.63, 3.8) is 0 Å². The molecule has 5 nitrogen and oxygen atoms in total. The van der Waals surface area contributed by atoms with Gasteiger partial charge >= 0.3 is 0 Å². The molecule has 0 fully saturated rings. The maximum atomic E-state index is 5.86. The van der Waals surface area contributed by atoms with Gasteiger partial charge in [-0.05, 0) is 42.3 Å². The number of nitrogens with zero attached hydrogens (tertiary/aromatic N) is 2. The van der Waals surface area contributed by atoms with Gasteiger partial charge < -0.3 is 14.2 Å². The van der Waals surface area contributed by atoms with E-state index in [4.69, 9.17) is 24.2 Å². The fourth-order valence-corrected chi connectivity index (χ4v) is 4.09. The van der Waals surface area contributed by atoms with Gasteiger partial charge in [0.05, 0.1) is 43.4 Å². The molecule has 0 amide bonds. The molecule has 0 atom stereocenters. The van der Waals surface area contributed by atoms with E-state index in [9.17, 15) is 0 Å². The third-order valence-electron chi connectivity index (χ3n) is 5.60. The minimum Gasteiger partial charge on any atom is -0.493 e. The van der Waals surface area contributed by atoms with Gasteiger partial charge in [0, 0.05) is 10.8 Å². The average Bonchev–Trinajstić information content (AvgIpc) is 2.81. The molecule has 154 valence electrons. The molecule has 5 heteroatoms. The van der Waals surface area contributed by atoms with E-state index in [0.29, 0.717) is 17.2 Å². The van der Waals surface area contributed by atoms with Gasteiger partial charge in [-0.3, -0.25) is 0 Å². The lowest BCUT2D eigenvalue weighted by Gasteiger charge is -2.18. The number of benzene rings is 4. The number of hydrogen-bond donors (Lipinski definition) is 0. The standard InChI is InChI=1S/C26H22N2O3/c1-15-9-11-16(12-10-15)17-13-21-24(28-20-8-6-5-7-19(20)27-21)18-14-22(29-2)25(30-3)26(31-4)23(17)18/h5-14H,1-4H3. The smallest absolute Gasteiger partial charge is 0.203 e. The molecule has 0 N–H and O–H groups in total. The van der Waals surface area contributed by atoms with E-state index in [1.807, 2.05) is 30.3 Å². The van der Waals surface area contributed by atoms with Gasteiger partial charge in [-0.15, -0.1) is 0 Å².